The molecular weight excluding hydrogens is 356 g/mol. The van der Waals surface area contributed by atoms with Crippen LogP contribution in [0.1, 0.15) is 25.5 Å². The average molecular weight is 377 g/mol. The van der Waals surface area contributed by atoms with E-state index in [0.29, 0.717) is 18.1 Å². The summed E-state index contributed by atoms with van der Waals surface area (Å²) in [7, 11) is 2.94. The summed E-state index contributed by atoms with van der Waals surface area (Å²) in [6.07, 6.45) is 0.642. The van der Waals surface area contributed by atoms with Gasteiger partial charge in [-0.2, -0.15) is 5.10 Å². The van der Waals surface area contributed by atoms with Crippen LogP contribution in [-0.4, -0.2) is 56.6 Å². The van der Waals surface area contributed by atoms with Crippen molar-refractivity contribution in [3.05, 3.63) is 41.5 Å². The summed E-state index contributed by atoms with van der Waals surface area (Å²) in [5.41, 5.74) is 0.0432. The number of hydrogen-bond acceptors (Lipinski definition) is 4. The summed E-state index contributed by atoms with van der Waals surface area (Å²) in [5.74, 6) is -0.729. The number of benzene rings is 1. The van der Waals surface area contributed by atoms with E-state index in [1.807, 2.05) is 13.8 Å². The van der Waals surface area contributed by atoms with Gasteiger partial charge in [-0.25, -0.2) is 23.2 Å². The first-order valence-corrected chi connectivity index (χ1v) is 8.63. The van der Waals surface area contributed by atoms with Gasteiger partial charge in [0.15, 0.2) is 11.6 Å². The number of carbonyl (C=O) groups excluding carboxylic acids is 2. The van der Waals surface area contributed by atoms with Crippen LogP contribution in [0.15, 0.2) is 18.2 Å². The topological polar surface area (TPSA) is 71.3 Å². The Morgan fingerprint density at radius 3 is 2.44 bits per heavy atom. The van der Waals surface area contributed by atoms with Crippen LogP contribution in [-0.2, 0) is 17.6 Å². The van der Waals surface area contributed by atoms with E-state index in [1.54, 1.807) is 0 Å². The molecule has 1 fully saturated rings. The Morgan fingerprint density at radius 1 is 1.19 bits per heavy atom. The first-order chi connectivity index (χ1) is 12.7. The number of nitrogens with zero attached hydrogens (tertiary/aromatic N) is 5. The fourth-order valence-corrected chi connectivity index (χ4v) is 3.07. The van der Waals surface area contributed by atoms with E-state index in [1.165, 1.54) is 29.7 Å². The molecular formula is C18H21F2N5O2. The highest BCUT2D eigenvalue weighted by Crippen LogP contribution is 2.22. The second-order valence-electron chi connectivity index (χ2n) is 7.06. The molecule has 1 aliphatic rings. The quantitative estimate of drug-likeness (QED) is 0.749. The third kappa shape index (κ3) is 3.54. The lowest BCUT2D eigenvalue weighted by Crippen LogP contribution is -2.34. The van der Waals surface area contributed by atoms with Crippen molar-refractivity contribution in [2.24, 2.45) is 5.92 Å². The van der Waals surface area contributed by atoms with E-state index in [0.717, 1.165) is 17.0 Å². The van der Waals surface area contributed by atoms with E-state index in [-0.39, 0.29) is 23.9 Å². The number of urea groups is 1. The van der Waals surface area contributed by atoms with Gasteiger partial charge >= 0.3 is 6.03 Å². The van der Waals surface area contributed by atoms with Gasteiger partial charge in [-0.05, 0) is 18.1 Å². The normalized spacial score (nSPS) is 17.5. The molecule has 7 nitrogen and oxygen atoms in total. The average Bonchev–Trinajstić information content (AvgIpc) is 3.05. The fraction of sp³-hybridized carbons (Fsp3) is 0.444. The van der Waals surface area contributed by atoms with Gasteiger partial charge < -0.3 is 4.90 Å². The smallest absolute Gasteiger partial charge is 0.315 e. The zero-order valence-electron chi connectivity index (χ0n) is 15.6. The van der Waals surface area contributed by atoms with Crippen LogP contribution in [0.4, 0.5) is 13.6 Å². The Bertz CT molecular complexity index is 896. The lowest BCUT2D eigenvalue weighted by atomic mass is 10.1. The Hall–Kier alpha value is -2.84. The first-order valence-electron chi connectivity index (χ1n) is 8.63. The van der Waals surface area contributed by atoms with Gasteiger partial charge in [0.25, 0.3) is 5.91 Å². The van der Waals surface area contributed by atoms with Crippen molar-refractivity contribution >= 4 is 11.9 Å². The van der Waals surface area contributed by atoms with Crippen molar-refractivity contribution in [3.63, 3.8) is 0 Å². The van der Waals surface area contributed by atoms with Gasteiger partial charge in [0.1, 0.15) is 23.4 Å². The molecule has 1 aliphatic heterocycles. The Balaban J connectivity index is 2.02. The SMILES string of the molecule is CC(C)Cc1nc(CC2C(=O)N(C)C(=O)N2C)n(-c2ccc(F)cc2F)n1. The summed E-state index contributed by atoms with van der Waals surface area (Å²) in [5, 5.41) is 4.36. The zero-order chi connectivity index (χ0) is 19.9. The fourth-order valence-electron chi connectivity index (χ4n) is 3.07. The zero-order valence-corrected chi connectivity index (χ0v) is 15.6. The molecule has 2 heterocycles. The Kier molecular flexibility index (Phi) is 4.95. The first kappa shape index (κ1) is 18.9. The van der Waals surface area contributed by atoms with E-state index in [2.05, 4.69) is 10.1 Å². The summed E-state index contributed by atoms with van der Waals surface area (Å²) in [4.78, 5) is 31.2. The highest BCUT2D eigenvalue weighted by molar-refractivity contribution is 6.03. The largest absolute Gasteiger partial charge is 0.326 e. The van der Waals surface area contributed by atoms with Gasteiger partial charge in [0.05, 0.1) is 0 Å². The molecule has 3 rings (SSSR count). The predicted molar refractivity (Wildman–Crippen MR) is 93.2 cm³/mol. The van der Waals surface area contributed by atoms with Crippen molar-refractivity contribution in [3.8, 4) is 5.69 Å². The second kappa shape index (κ2) is 7.05. The Labute approximate surface area is 155 Å². The van der Waals surface area contributed by atoms with Gasteiger partial charge in [0.2, 0.25) is 0 Å². The maximum Gasteiger partial charge on any atom is 0.326 e. The molecule has 1 atom stereocenters. The van der Waals surface area contributed by atoms with Crippen molar-refractivity contribution in [1.29, 1.82) is 0 Å². The number of imide groups is 1. The molecule has 1 saturated heterocycles. The molecule has 27 heavy (non-hydrogen) atoms. The summed E-state index contributed by atoms with van der Waals surface area (Å²) in [6.45, 7) is 4.00. The van der Waals surface area contributed by atoms with Crippen LogP contribution in [0.25, 0.3) is 5.69 Å². The van der Waals surface area contributed by atoms with Gasteiger partial charge in [0, 0.05) is 33.0 Å². The highest BCUT2D eigenvalue weighted by atomic mass is 19.1. The summed E-state index contributed by atoms with van der Waals surface area (Å²) < 4.78 is 28.9. The molecule has 9 heteroatoms. The second-order valence-corrected chi connectivity index (χ2v) is 7.06. The molecule has 0 saturated carbocycles. The van der Waals surface area contributed by atoms with Crippen molar-refractivity contribution in [2.45, 2.75) is 32.7 Å². The molecule has 0 spiro atoms. The summed E-state index contributed by atoms with van der Waals surface area (Å²) >= 11 is 0. The monoisotopic (exact) mass is 377 g/mol. The molecule has 1 unspecified atom stereocenters. The van der Waals surface area contributed by atoms with E-state index < -0.39 is 23.7 Å². The lowest BCUT2D eigenvalue weighted by molar-refractivity contribution is -0.127. The van der Waals surface area contributed by atoms with Crippen molar-refractivity contribution in [1.82, 2.24) is 24.6 Å². The lowest BCUT2D eigenvalue weighted by Gasteiger charge is -2.16. The number of carbonyl (C=O) groups is 2. The van der Waals surface area contributed by atoms with E-state index in [4.69, 9.17) is 0 Å². The van der Waals surface area contributed by atoms with Crippen LogP contribution in [0.5, 0.6) is 0 Å². The minimum absolute atomic E-state index is 0.0432. The molecule has 1 aromatic heterocycles. The molecule has 144 valence electrons. The van der Waals surface area contributed by atoms with Crippen LogP contribution >= 0.6 is 0 Å². The molecule has 0 N–H and O–H groups in total. The van der Waals surface area contributed by atoms with Gasteiger partial charge in [-0.15, -0.1) is 0 Å². The maximum atomic E-state index is 14.3. The van der Waals surface area contributed by atoms with Crippen LogP contribution in [0.3, 0.4) is 0 Å². The number of rotatable bonds is 5. The number of aromatic nitrogens is 3. The standard InChI is InChI=1S/C18H21F2N5O2/c1-10(2)7-15-21-16(9-14-17(26)24(4)18(27)23(14)3)25(22-15)13-6-5-11(19)8-12(13)20/h5-6,8,10,14H,7,9H2,1-4H3. The molecule has 3 amide bonds. The third-order valence-corrected chi connectivity index (χ3v) is 4.49. The number of halogens is 2. The van der Waals surface area contributed by atoms with Crippen molar-refractivity contribution < 1.29 is 18.4 Å². The number of hydrogen-bond donors (Lipinski definition) is 0. The highest BCUT2D eigenvalue weighted by Gasteiger charge is 2.41. The van der Waals surface area contributed by atoms with Crippen LogP contribution < -0.4 is 0 Å². The minimum Gasteiger partial charge on any atom is -0.315 e. The van der Waals surface area contributed by atoms with Crippen LogP contribution in [0, 0.1) is 17.6 Å². The van der Waals surface area contributed by atoms with E-state index >= 15 is 0 Å². The molecule has 1 aromatic carbocycles. The van der Waals surface area contributed by atoms with Crippen LogP contribution in [0.2, 0.25) is 0 Å². The van der Waals surface area contributed by atoms with Crippen molar-refractivity contribution in [2.75, 3.05) is 14.1 Å². The molecule has 0 bridgehead atoms. The Morgan fingerprint density at radius 2 is 1.89 bits per heavy atom. The minimum atomic E-state index is -0.781. The summed E-state index contributed by atoms with van der Waals surface area (Å²) in [6, 6.07) is 2.02. The van der Waals surface area contributed by atoms with Gasteiger partial charge in [-0.1, -0.05) is 13.8 Å². The maximum absolute atomic E-state index is 14.3. The molecule has 2 aromatic rings. The molecule has 0 aliphatic carbocycles. The third-order valence-electron chi connectivity index (χ3n) is 4.49. The predicted octanol–water partition coefficient (Wildman–Crippen LogP) is 2.18. The van der Waals surface area contributed by atoms with E-state index in [9.17, 15) is 18.4 Å². The number of likely N-dealkylation sites (N-methyl/N-ethyl adjacent to an activating group) is 2. The number of amides is 3. The molecule has 0 radical (unpaired) electrons. The van der Waals surface area contributed by atoms with Gasteiger partial charge in [-0.3, -0.25) is 9.69 Å².